The van der Waals surface area contributed by atoms with Gasteiger partial charge >= 0.3 is 17.4 Å². The Kier molecular flexibility index (Phi) is 16.1. The molecule has 0 bridgehead atoms. The van der Waals surface area contributed by atoms with Gasteiger partial charge in [-0.2, -0.15) is 7.82 Å². The van der Waals surface area contributed by atoms with E-state index >= 15 is 0 Å². The van der Waals surface area contributed by atoms with E-state index in [-0.39, 0.29) is 24.0 Å². The molecule has 0 spiro atoms. The van der Waals surface area contributed by atoms with Crippen molar-refractivity contribution in [2.24, 2.45) is 5.73 Å². The second-order valence-corrected chi connectivity index (χ2v) is 1.85. The summed E-state index contributed by atoms with van der Waals surface area (Å²) in [7, 11) is -5.39. The van der Waals surface area contributed by atoms with E-state index < -0.39 is 7.82 Å². The van der Waals surface area contributed by atoms with Crippen LogP contribution in [-0.4, -0.2) is 35.6 Å². The molecule has 0 saturated heterocycles. The van der Waals surface area contributed by atoms with Crippen molar-refractivity contribution in [2.45, 2.75) is 0 Å². The molecule has 0 saturated carbocycles. The molecule has 0 amide bonds. The van der Waals surface area contributed by atoms with Gasteiger partial charge in [-0.05, 0) is 0 Å². The van der Waals surface area contributed by atoms with Crippen LogP contribution in [0.4, 0.5) is 0 Å². The largest absolute Gasteiger partial charge is 3.00 e. The molecule has 0 radical (unpaired) electrons. The number of phosphoric acid groups is 1. The first-order valence-corrected chi connectivity index (χ1v) is 3.42. The van der Waals surface area contributed by atoms with Crippen LogP contribution < -0.4 is 20.4 Å². The zero-order chi connectivity index (χ0) is 7.91. The third kappa shape index (κ3) is 201. The van der Waals surface area contributed by atoms with E-state index in [1.807, 2.05) is 0 Å². The molecular weight excluding hydrogens is 176 g/mol. The van der Waals surface area contributed by atoms with Crippen LogP contribution in [0.15, 0.2) is 0 Å². The molecule has 0 aromatic rings. The van der Waals surface area contributed by atoms with Crippen LogP contribution in [0, 0.1) is 0 Å². The molecular formula is C2H7AlNO5P. The number of aliphatic hydroxyl groups excluding tert-OH is 1. The van der Waals surface area contributed by atoms with E-state index in [0.717, 1.165) is 0 Å². The smallest absolute Gasteiger partial charge is 0.822 e. The molecule has 0 aliphatic heterocycles. The summed E-state index contributed by atoms with van der Waals surface area (Å²) in [6, 6.07) is 0. The fourth-order valence-electron chi connectivity index (χ4n) is 0. The van der Waals surface area contributed by atoms with E-state index in [9.17, 15) is 0 Å². The molecule has 0 aromatic carbocycles. The van der Waals surface area contributed by atoms with Crippen molar-refractivity contribution in [3.63, 3.8) is 0 Å². The number of hydrogen-bond donors (Lipinski definition) is 2. The SMILES string of the molecule is NCCO.O=P([O-])([O-])[O-].[Al+3]. The maximum Gasteiger partial charge on any atom is 3.00 e. The Morgan fingerprint density at radius 3 is 1.50 bits per heavy atom. The van der Waals surface area contributed by atoms with Crippen LogP contribution >= 0.6 is 7.82 Å². The normalized spacial score (nSPS) is 8.90. The van der Waals surface area contributed by atoms with Gasteiger partial charge in [0, 0.05) is 6.54 Å². The van der Waals surface area contributed by atoms with Gasteiger partial charge in [-0.15, -0.1) is 0 Å². The van der Waals surface area contributed by atoms with Gasteiger partial charge in [0.1, 0.15) is 0 Å². The summed E-state index contributed by atoms with van der Waals surface area (Å²) in [4.78, 5) is 25.6. The van der Waals surface area contributed by atoms with Gasteiger partial charge < -0.3 is 30.1 Å². The third-order valence-electron chi connectivity index (χ3n) is 0.129. The Morgan fingerprint density at radius 1 is 1.40 bits per heavy atom. The molecule has 8 heteroatoms. The maximum absolute atomic E-state index is 8.55. The molecule has 0 aliphatic rings. The molecule has 0 heterocycles. The summed E-state index contributed by atoms with van der Waals surface area (Å²) in [6.45, 7) is 0.472. The van der Waals surface area contributed by atoms with Gasteiger partial charge in [0.05, 0.1) is 6.61 Å². The first kappa shape index (κ1) is 16.9. The van der Waals surface area contributed by atoms with Gasteiger partial charge in [-0.1, -0.05) is 0 Å². The number of nitrogens with two attached hydrogens (primary N) is 1. The first-order chi connectivity index (χ1) is 3.91. The third-order valence-corrected chi connectivity index (χ3v) is 0.129. The van der Waals surface area contributed by atoms with Gasteiger partial charge in [-0.25, -0.2) is 0 Å². The second kappa shape index (κ2) is 9.56. The molecule has 58 valence electrons. The van der Waals surface area contributed by atoms with Crippen molar-refractivity contribution in [2.75, 3.05) is 13.2 Å². The fourth-order valence-corrected chi connectivity index (χ4v) is 0. The van der Waals surface area contributed by atoms with Crippen molar-refractivity contribution in [1.29, 1.82) is 0 Å². The molecule has 0 unspecified atom stereocenters. The maximum atomic E-state index is 8.55. The predicted molar refractivity (Wildman–Crippen MR) is 29.5 cm³/mol. The molecule has 6 nitrogen and oxygen atoms in total. The van der Waals surface area contributed by atoms with Crippen molar-refractivity contribution < 1.29 is 24.4 Å². The minimum Gasteiger partial charge on any atom is -0.822 e. The quantitative estimate of drug-likeness (QED) is 0.312. The van der Waals surface area contributed by atoms with Crippen molar-refractivity contribution in [3.8, 4) is 0 Å². The van der Waals surface area contributed by atoms with Crippen molar-refractivity contribution >= 4 is 25.2 Å². The van der Waals surface area contributed by atoms with Gasteiger partial charge in [0.2, 0.25) is 0 Å². The second-order valence-electron chi connectivity index (χ2n) is 0.959. The Labute approximate surface area is 69.0 Å². The van der Waals surface area contributed by atoms with Crippen molar-refractivity contribution in [3.05, 3.63) is 0 Å². The molecule has 0 atom stereocenters. The van der Waals surface area contributed by atoms with Gasteiger partial charge in [-0.3, -0.25) is 0 Å². The topological polar surface area (TPSA) is 132 Å². The molecule has 0 fully saturated rings. The molecule has 10 heavy (non-hydrogen) atoms. The van der Waals surface area contributed by atoms with Gasteiger partial charge in [0.15, 0.2) is 0 Å². The van der Waals surface area contributed by atoms with Gasteiger partial charge in [0.25, 0.3) is 0 Å². The zero-order valence-corrected chi connectivity index (χ0v) is 7.15. The summed E-state index contributed by atoms with van der Waals surface area (Å²) in [5.74, 6) is 0. The standard InChI is InChI=1S/C2H7NO.Al.H3O4P/c3-1-2-4;;1-5(2,3)4/h4H,1-3H2;;(H3,1,2,3,4)/q;+3;/p-3. The first-order valence-electron chi connectivity index (χ1n) is 1.95. The Hall–Kier alpha value is 0.562. The summed E-state index contributed by atoms with van der Waals surface area (Å²) >= 11 is 0. The number of aliphatic hydroxyl groups is 1. The number of hydrogen-bond acceptors (Lipinski definition) is 6. The summed E-state index contributed by atoms with van der Waals surface area (Å²) in [6.07, 6.45) is 0. The summed E-state index contributed by atoms with van der Waals surface area (Å²) in [5.41, 5.74) is 4.78. The van der Waals surface area contributed by atoms with Crippen LogP contribution in [0.2, 0.25) is 0 Å². The average Bonchev–Trinajstić information content (AvgIpc) is 1.61. The molecule has 3 N–H and O–H groups in total. The predicted octanol–water partition coefficient (Wildman–Crippen LogP) is -4.27. The van der Waals surface area contributed by atoms with E-state index in [0.29, 0.717) is 6.54 Å². The fraction of sp³-hybridized carbons (Fsp3) is 1.00. The van der Waals surface area contributed by atoms with E-state index in [1.165, 1.54) is 0 Å². The Bertz CT molecular complexity index is 83.4. The van der Waals surface area contributed by atoms with Crippen LogP contribution in [0.5, 0.6) is 0 Å². The minimum absolute atomic E-state index is 0. The monoisotopic (exact) mass is 183 g/mol. The Balaban J connectivity index is -0.0000000910. The Morgan fingerprint density at radius 2 is 1.50 bits per heavy atom. The summed E-state index contributed by atoms with van der Waals surface area (Å²) < 4.78 is 8.55. The molecule has 0 aromatic heterocycles. The van der Waals surface area contributed by atoms with Crippen LogP contribution in [-0.2, 0) is 4.57 Å². The van der Waals surface area contributed by atoms with E-state index in [1.54, 1.807) is 0 Å². The zero-order valence-electron chi connectivity index (χ0n) is 5.10. The number of rotatable bonds is 1. The molecule has 0 aliphatic carbocycles. The van der Waals surface area contributed by atoms with E-state index in [2.05, 4.69) is 0 Å². The van der Waals surface area contributed by atoms with Crippen LogP contribution in [0.1, 0.15) is 0 Å². The average molecular weight is 183 g/mol. The van der Waals surface area contributed by atoms with Crippen LogP contribution in [0.3, 0.4) is 0 Å². The van der Waals surface area contributed by atoms with Crippen molar-refractivity contribution in [1.82, 2.24) is 0 Å². The minimum atomic E-state index is -5.39. The molecule has 0 rings (SSSR count). The van der Waals surface area contributed by atoms with E-state index in [4.69, 9.17) is 30.1 Å². The van der Waals surface area contributed by atoms with Crippen LogP contribution in [0.25, 0.3) is 0 Å². The summed E-state index contributed by atoms with van der Waals surface area (Å²) in [5, 5.41) is 7.75.